The van der Waals surface area contributed by atoms with Crippen molar-refractivity contribution in [3.05, 3.63) is 11.9 Å². The van der Waals surface area contributed by atoms with Crippen LogP contribution in [-0.4, -0.2) is 65.4 Å². The van der Waals surface area contributed by atoms with Crippen LogP contribution in [0.3, 0.4) is 0 Å². The van der Waals surface area contributed by atoms with Gasteiger partial charge in [-0.05, 0) is 0 Å². The van der Waals surface area contributed by atoms with Gasteiger partial charge >= 0.3 is 0 Å². The van der Waals surface area contributed by atoms with Crippen molar-refractivity contribution in [2.45, 2.75) is 12.5 Å². The number of carbonyl (C=O) groups is 2. The molecule has 1 fully saturated rings. The van der Waals surface area contributed by atoms with E-state index in [1.54, 1.807) is 25.0 Å². The summed E-state index contributed by atoms with van der Waals surface area (Å²) in [6, 6.07) is 0.282. The van der Waals surface area contributed by atoms with Gasteiger partial charge in [0.05, 0.1) is 12.2 Å². The lowest BCUT2D eigenvalue weighted by Gasteiger charge is -2.26. The van der Waals surface area contributed by atoms with Gasteiger partial charge in [-0.3, -0.25) is 9.59 Å². The smallest absolute Gasteiger partial charge is 0.273 e. The summed E-state index contributed by atoms with van der Waals surface area (Å²) in [5, 5.41) is 13.5. The Balaban J connectivity index is 1.79. The highest BCUT2D eigenvalue weighted by Gasteiger charge is 2.21. The summed E-state index contributed by atoms with van der Waals surface area (Å²) in [5.74, 6) is -0.324. The maximum Gasteiger partial charge on any atom is 0.273 e. The second-order valence-corrected chi connectivity index (χ2v) is 4.69. The zero-order valence-electron chi connectivity index (χ0n) is 11.1. The third-order valence-corrected chi connectivity index (χ3v) is 3.00. The number of nitrogens with one attached hydrogen (secondary N) is 2. The molecule has 0 spiro atoms. The van der Waals surface area contributed by atoms with Gasteiger partial charge in [0.15, 0.2) is 5.69 Å². The molecule has 19 heavy (non-hydrogen) atoms. The lowest BCUT2D eigenvalue weighted by molar-refractivity contribution is -0.128. The highest BCUT2D eigenvalue weighted by atomic mass is 16.2. The zero-order valence-corrected chi connectivity index (χ0v) is 11.1. The molecule has 2 heterocycles. The van der Waals surface area contributed by atoms with E-state index in [0.717, 1.165) is 13.1 Å². The molecule has 104 valence electrons. The molecular weight excluding hydrogens is 248 g/mol. The number of rotatable bonds is 5. The number of hydrogen-bond acceptors (Lipinski definition) is 5. The van der Waals surface area contributed by atoms with E-state index in [1.165, 1.54) is 4.90 Å². The van der Waals surface area contributed by atoms with Crippen molar-refractivity contribution in [3.63, 3.8) is 0 Å². The third-order valence-electron chi connectivity index (χ3n) is 3.00. The van der Waals surface area contributed by atoms with E-state index in [1.807, 2.05) is 0 Å². The summed E-state index contributed by atoms with van der Waals surface area (Å²) in [6.45, 7) is 2.00. The summed E-state index contributed by atoms with van der Waals surface area (Å²) in [7, 11) is 3.37. The van der Waals surface area contributed by atoms with Crippen LogP contribution in [0, 0.1) is 0 Å². The fourth-order valence-corrected chi connectivity index (χ4v) is 1.62. The molecule has 1 aromatic heterocycles. The lowest BCUT2D eigenvalue weighted by atomic mass is 10.2. The summed E-state index contributed by atoms with van der Waals surface area (Å²) in [4.78, 5) is 24.6. The van der Waals surface area contributed by atoms with Crippen molar-refractivity contribution in [2.24, 2.45) is 0 Å². The van der Waals surface area contributed by atoms with Crippen LogP contribution in [0.2, 0.25) is 0 Å². The fourth-order valence-electron chi connectivity index (χ4n) is 1.62. The summed E-state index contributed by atoms with van der Waals surface area (Å²) < 4.78 is 1.69. The molecule has 2 N–H and O–H groups in total. The minimum atomic E-state index is -0.301. The molecule has 0 bridgehead atoms. The highest BCUT2D eigenvalue weighted by Crippen LogP contribution is 2.09. The van der Waals surface area contributed by atoms with Gasteiger partial charge in [0.25, 0.3) is 5.91 Å². The summed E-state index contributed by atoms with van der Waals surface area (Å²) >= 11 is 0. The Bertz CT molecular complexity index is 466. The van der Waals surface area contributed by atoms with Gasteiger partial charge in [0, 0.05) is 40.2 Å². The Kier molecular flexibility index (Phi) is 4.10. The van der Waals surface area contributed by atoms with Gasteiger partial charge < -0.3 is 15.5 Å². The molecule has 2 rings (SSSR count). The molecule has 1 saturated heterocycles. The number of aromatic nitrogens is 3. The SMILES string of the molecule is CN(C)C(=O)CCNC(=O)c1cn(C2CNC2)nn1. The molecule has 1 aliphatic heterocycles. The van der Waals surface area contributed by atoms with E-state index in [4.69, 9.17) is 0 Å². The molecule has 0 aromatic carbocycles. The molecule has 0 aliphatic carbocycles. The molecule has 1 aliphatic rings. The second-order valence-electron chi connectivity index (χ2n) is 4.69. The first-order valence-corrected chi connectivity index (χ1v) is 6.19. The topological polar surface area (TPSA) is 92.2 Å². The van der Waals surface area contributed by atoms with Crippen molar-refractivity contribution in [3.8, 4) is 0 Å². The maximum atomic E-state index is 11.8. The van der Waals surface area contributed by atoms with Crippen LogP contribution in [0.15, 0.2) is 6.20 Å². The van der Waals surface area contributed by atoms with Crippen LogP contribution >= 0.6 is 0 Å². The molecule has 8 nitrogen and oxygen atoms in total. The molecule has 2 amide bonds. The van der Waals surface area contributed by atoms with Gasteiger partial charge in [-0.15, -0.1) is 5.10 Å². The average molecular weight is 266 g/mol. The summed E-state index contributed by atoms with van der Waals surface area (Å²) in [6.07, 6.45) is 1.91. The quantitative estimate of drug-likeness (QED) is 0.686. The standard InChI is InChI=1S/C11H18N6O2/c1-16(2)10(18)3-4-13-11(19)9-7-17(15-14-9)8-5-12-6-8/h7-8,12H,3-6H2,1-2H3,(H,13,19). The van der Waals surface area contributed by atoms with Crippen molar-refractivity contribution >= 4 is 11.8 Å². The molecule has 1 aromatic rings. The second kappa shape index (κ2) is 5.79. The predicted octanol–water partition coefficient (Wildman–Crippen LogP) is -1.37. The molecule has 0 saturated carbocycles. The maximum absolute atomic E-state index is 11.8. The molecule has 0 unspecified atom stereocenters. The van der Waals surface area contributed by atoms with E-state index in [0.29, 0.717) is 6.54 Å². The van der Waals surface area contributed by atoms with Crippen LogP contribution in [0.4, 0.5) is 0 Å². The van der Waals surface area contributed by atoms with Gasteiger partial charge in [0.1, 0.15) is 0 Å². The van der Waals surface area contributed by atoms with E-state index < -0.39 is 0 Å². The van der Waals surface area contributed by atoms with Crippen molar-refractivity contribution < 1.29 is 9.59 Å². The Morgan fingerprint density at radius 3 is 2.84 bits per heavy atom. The Morgan fingerprint density at radius 1 is 1.53 bits per heavy atom. The molecular formula is C11H18N6O2. The van der Waals surface area contributed by atoms with Gasteiger partial charge in [-0.25, -0.2) is 4.68 Å². The van der Waals surface area contributed by atoms with Gasteiger partial charge in [-0.2, -0.15) is 0 Å². The van der Waals surface area contributed by atoms with Crippen LogP contribution < -0.4 is 10.6 Å². The van der Waals surface area contributed by atoms with Crippen molar-refractivity contribution in [1.82, 2.24) is 30.5 Å². The number of nitrogens with zero attached hydrogens (tertiary/aromatic N) is 4. The largest absolute Gasteiger partial charge is 0.350 e. The Morgan fingerprint density at radius 2 is 2.26 bits per heavy atom. The monoisotopic (exact) mass is 266 g/mol. The minimum absolute atomic E-state index is 0.0236. The van der Waals surface area contributed by atoms with E-state index in [2.05, 4.69) is 20.9 Å². The van der Waals surface area contributed by atoms with E-state index in [9.17, 15) is 9.59 Å². The average Bonchev–Trinajstić information content (AvgIpc) is 2.75. The Hall–Kier alpha value is -1.96. The van der Waals surface area contributed by atoms with Crippen LogP contribution in [-0.2, 0) is 4.79 Å². The van der Waals surface area contributed by atoms with E-state index in [-0.39, 0.29) is 30.0 Å². The third kappa shape index (κ3) is 3.28. The molecule has 0 radical (unpaired) electrons. The van der Waals surface area contributed by atoms with Gasteiger partial charge in [-0.1, -0.05) is 5.21 Å². The number of hydrogen-bond donors (Lipinski definition) is 2. The fraction of sp³-hybridized carbons (Fsp3) is 0.636. The number of amides is 2. The lowest BCUT2D eigenvalue weighted by Crippen LogP contribution is -2.43. The van der Waals surface area contributed by atoms with Crippen LogP contribution in [0.1, 0.15) is 23.0 Å². The van der Waals surface area contributed by atoms with Crippen LogP contribution in [0.25, 0.3) is 0 Å². The van der Waals surface area contributed by atoms with Gasteiger partial charge in [0.2, 0.25) is 5.91 Å². The Labute approximate surface area is 111 Å². The number of carbonyl (C=O) groups excluding carboxylic acids is 2. The highest BCUT2D eigenvalue weighted by molar-refractivity contribution is 5.92. The molecule has 8 heteroatoms. The first-order chi connectivity index (χ1) is 9.08. The predicted molar refractivity (Wildman–Crippen MR) is 67.6 cm³/mol. The van der Waals surface area contributed by atoms with E-state index >= 15 is 0 Å². The first-order valence-electron chi connectivity index (χ1n) is 6.19. The minimum Gasteiger partial charge on any atom is -0.350 e. The van der Waals surface area contributed by atoms with Crippen molar-refractivity contribution in [2.75, 3.05) is 33.7 Å². The zero-order chi connectivity index (χ0) is 13.8. The van der Waals surface area contributed by atoms with Crippen molar-refractivity contribution in [1.29, 1.82) is 0 Å². The normalized spacial score (nSPS) is 14.8. The first kappa shape index (κ1) is 13.5. The van der Waals surface area contributed by atoms with Crippen LogP contribution in [0.5, 0.6) is 0 Å². The summed E-state index contributed by atoms with van der Waals surface area (Å²) in [5.41, 5.74) is 0.282. The molecule has 0 atom stereocenters.